The van der Waals surface area contributed by atoms with Gasteiger partial charge in [0.25, 0.3) is 11.7 Å². The molecule has 1 atom stereocenters. The Balaban J connectivity index is 1.81. The quantitative estimate of drug-likeness (QED) is 0.241. The molecule has 1 fully saturated rings. The molecule has 1 amide bonds. The summed E-state index contributed by atoms with van der Waals surface area (Å²) in [7, 11) is 0. The number of ether oxygens (including phenoxy) is 4. The molecule has 2 aliphatic rings. The van der Waals surface area contributed by atoms with Crippen molar-refractivity contribution in [3.05, 3.63) is 53.1 Å². The summed E-state index contributed by atoms with van der Waals surface area (Å²) < 4.78 is 23.0. The van der Waals surface area contributed by atoms with E-state index < -0.39 is 17.7 Å². The summed E-state index contributed by atoms with van der Waals surface area (Å²) in [5, 5.41) is 11.5. The lowest BCUT2D eigenvalue weighted by Gasteiger charge is -2.28. The number of aliphatic hydroxyl groups excluding tert-OH is 1. The van der Waals surface area contributed by atoms with Gasteiger partial charge < -0.3 is 33.9 Å². The standard InChI is InChI=1S/C30H38N2O7/c1-5-15-37-22-11-9-20(18-24(22)36-8-4)27-26(29(34)30(35)32(27)14-13-31(6-2)7-3)28(33)21-10-12-23-25(19-21)39-17-16-38-23/h9-12,18-19,27,33H,5-8,13-17H2,1-4H3/b28-26+/t27-/m1/s1. The van der Waals surface area contributed by atoms with Crippen molar-refractivity contribution < 1.29 is 33.6 Å². The maximum Gasteiger partial charge on any atom is 0.295 e. The van der Waals surface area contributed by atoms with Crippen LogP contribution in [0.15, 0.2) is 42.0 Å². The topological polar surface area (TPSA) is 97.8 Å². The molecule has 0 aromatic heterocycles. The maximum absolute atomic E-state index is 13.5. The zero-order valence-corrected chi connectivity index (χ0v) is 23.2. The monoisotopic (exact) mass is 538 g/mol. The fourth-order valence-corrected chi connectivity index (χ4v) is 4.89. The number of amides is 1. The van der Waals surface area contributed by atoms with Crippen molar-refractivity contribution in [3.63, 3.8) is 0 Å². The summed E-state index contributed by atoms with van der Waals surface area (Å²) in [6, 6.07) is 9.62. The Hall–Kier alpha value is -3.72. The number of rotatable bonds is 12. The zero-order chi connectivity index (χ0) is 27.9. The van der Waals surface area contributed by atoms with Crippen molar-refractivity contribution in [1.82, 2.24) is 9.80 Å². The minimum atomic E-state index is -0.798. The molecule has 210 valence electrons. The van der Waals surface area contributed by atoms with Crippen LogP contribution < -0.4 is 18.9 Å². The number of likely N-dealkylation sites (N-methyl/N-ethyl adjacent to an activating group) is 1. The van der Waals surface area contributed by atoms with Crippen molar-refractivity contribution in [3.8, 4) is 23.0 Å². The molecule has 39 heavy (non-hydrogen) atoms. The van der Waals surface area contributed by atoms with Crippen molar-refractivity contribution in [1.29, 1.82) is 0 Å². The fourth-order valence-electron chi connectivity index (χ4n) is 4.89. The number of carbonyl (C=O) groups excluding carboxylic acids is 2. The minimum absolute atomic E-state index is 0.0286. The first-order valence-corrected chi connectivity index (χ1v) is 13.7. The Morgan fingerprint density at radius 1 is 0.974 bits per heavy atom. The Bertz CT molecular complexity index is 1220. The lowest BCUT2D eigenvalue weighted by molar-refractivity contribution is -0.140. The first kappa shape index (κ1) is 28.3. The van der Waals surface area contributed by atoms with Gasteiger partial charge in [-0.1, -0.05) is 26.8 Å². The highest BCUT2D eigenvalue weighted by molar-refractivity contribution is 6.46. The highest BCUT2D eigenvalue weighted by Gasteiger charge is 2.46. The van der Waals surface area contributed by atoms with Crippen LogP contribution in [0.3, 0.4) is 0 Å². The van der Waals surface area contributed by atoms with Gasteiger partial charge in [-0.15, -0.1) is 0 Å². The Kier molecular flexibility index (Phi) is 9.35. The molecule has 2 aromatic carbocycles. The highest BCUT2D eigenvalue weighted by atomic mass is 16.6. The van der Waals surface area contributed by atoms with Crippen LogP contribution in [0.2, 0.25) is 0 Å². The summed E-state index contributed by atoms with van der Waals surface area (Å²) in [5.74, 6) is 0.537. The number of carbonyl (C=O) groups is 2. The van der Waals surface area contributed by atoms with Crippen molar-refractivity contribution in [2.24, 2.45) is 0 Å². The van der Waals surface area contributed by atoms with Crippen molar-refractivity contribution in [2.75, 3.05) is 52.6 Å². The Labute approximate surface area is 229 Å². The summed E-state index contributed by atoms with van der Waals surface area (Å²) in [6.07, 6.45) is 0.842. The van der Waals surface area contributed by atoms with Crippen molar-refractivity contribution >= 4 is 17.4 Å². The summed E-state index contributed by atoms with van der Waals surface area (Å²) in [6.45, 7) is 12.4. The van der Waals surface area contributed by atoms with Gasteiger partial charge in [-0.2, -0.15) is 0 Å². The largest absolute Gasteiger partial charge is 0.507 e. The van der Waals surface area contributed by atoms with E-state index in [1.54, 1.807) is 35.2 Å². The van der Waals surface area contributed by atoms with Gasteiger partial charge in [-0.3, -0.25) is 9.59 Å². The molecule has 1 N–H and O–H groups in total. The molecule has 2 aliphatic heterocycles. The minimum Gasteiger partial charge on any atom is -0.507 e. The van der Waals surface area contributed by atoms with Crippen LogP contribution in [0.25, 0.3) is 5.76 Å². The zero-order valence-electron chi connectivity index (χ0n) is 23.2. The van der Waals surface area contributed by atoms with Crippen LogP contribution in [0.5, 0.6) is 23.0 Å². The van der Waals surface area contributed by atoms with E-state index in [0.717, 1.165) is 19.5 Å². The molecule has 9 heteroatoms. The molecule has 4 rings (SSSR count). The first-order valence-electron chi connectivity index (χ1n) is 13.7. The molecule has 0 radical (unpaired) electrons. The molecule has 0 unspecified atom stereocenters. The van der Waals surface area contributed by atoms with E-state index in [1.807, 2.05) is 19.9 Å². The molecule has 1 saturated heterocycles. The van der Waals surface area contributed by atoms with Gasteiger partial charge in [0, 0.05) is 18.7 Å². The average Bonchev–Trinajstić information content (AvgIpc) is 3.21. The second kappa shape index (κ2) is 12.9. The number of hydrogen-bond donors (Lipinski definition) is 1. The number of nitrogens with zero attached hydrogens (tertiary/aromatic N) is 2. The number of likely N-dealkylation sites (tertiary alicyclic amines) is 1. The molecule has 0 aliphatic carbocycles. The van der Waals surface area contributed by atoms with Crippen LogP contribution in [-0.2, 0) is 9.59 Å². The molecule has 0 saturated carbocycles. The third kappa shape index (κ3) is 5.98. The van der Waals surface area contributed by atoms with Gasteiger partial charge in [-0.25, -0.2) is 0 Å². The number of benzene rings is 2. The molecule has 2 heterocycles. The number of fused-ring (bicyclic) bond motifs is 1. The van der Waals surface area contributed by atoms with Gasteiger partial charge >= 0.3 is 0 Å². The van der Waals surface area contributed by atoms with Crippen LogP contribution in [-0.4, -0.2) is 79.2 Å². The molecule has 2 aromatic rings. The number of aliphatic hydroxyl groups is 1. The summed E-state index contributed by atoms with van der Waals surface area (Å²) in [5.41, 5.74) is 1.06. The van der Waals surface area contributed by atoms with Crippen LogP contribution in [0.4, 0.5) is 0 Å². The van der Waals surface area contributed by atoms with Gasteiger partial charge in [0.2, 0.25) is 0 Å². The lowest BCUT2D eigenvalue weighted by atomic mass is 9.94. The Morgan fingerprint density at radius 3 is 2.41 bits per heavy atom. The second-order valence-electron chi connectivity index (χ2n) is 9.37. The highest BCUT2D eigenvalue weighted by Crippen LogP contribution is 2.43. The van der Waals surface area contributed by atoms with Gasteiger partial charge in [-0.05, 0) is 62.3 Å². The maximum atomic E-state index is 13.5. The van der Waals surface area contributed by atoms with Crippen LogP contribution in [0, 0.1) is 0 Å². The van der Waals surface area contributed by atoms with E-state index in [9.17, 15) is 14.7 Å². The summed E-state index contributed by atoms with van der Waals surface area (Å²) >= 11 is 0. The van der Waals surface area contributed by atoms with E-state index in [4.69, 9.17) is 18.9 Å². The van der Waals surface area contributed by atoms with Crippen molar-refractivity contribution in [2.45, 2.75) is 40.2 Å². The lowest BCUT2D eigenvalue weighted by Crippen LogP contribution is -2.38. The fraction of sp³-hybridized carbons (Fsp3) is 0.467. The van der Waals surface area contributed by atoms with Crippen LogP contribution in [0.1, 0.15) is 51.3 Å². The predicted octanol–water partition coefficient (Wildman–Crippen LogP) is 4.41. The number of Topliss-reactive ketones (excluding diaryl/α,β-unsaturated/α-hetero) is 1. The Morgan fingerprint density at radius 2 is 1.72 bits per heavy atom. The number of hydrogen-bond acceptors (Lipinski definition) is 8. The molecule has 0 spiro atoms. The predicted molar refractivity (Wildman–Crippen MR) is 148 cm³/mol. The van der Waals surface area contributed by atoms with E-state index in [-0.39, 0.29) is 11.3 Å². The molecular weight excluding hydrogens is 500 g/mol. The van der Waals surface area contributed by atoms with Crippen LogP contribution >= 0.6 is 0 Å². The third-order valence-electron chi connectivity index (χ3n) is 6.95. The average molecular weight is 539 g/mol. The third-order valence-corrected chi connectivity index (χ3v) is 6.95. The smallest absolute Gasteiger partial charge is 0.295 e. The second-order valence-corrected chi connectivity index (χ2v) is 9.37. The van der Waals surface area contributed by atoms with Gasteiger partial charge in [0.1, 0.15) is 19.0 Å². The van der Waals surface area contributed by atoms with E-state index >= 15 is 0 Å². The molecular formula is C30H38N2O7. The SMILES string of the molecule is CCCOc1ccc([C@@H]2/C(=C(\O)c3ccc4c(c3)OCCO4)C(=O)C(=O)N2CCN(CC)CC)cc1OCC. The summed E-state index contributed by atoms with van der Waals surface area (Å²) in [4.78, 5) is 30.6. The van der Waals surface area contributed by atoms with Gasteiger partial charge in [0.05, 0.1) is 24.8 Å². The van der Waals surface area contributed by atoms with E-state index in [2.05, 4.69) is 18.7 Å². The molecule has 9 nitrogen and oxygen atoms in total. The van der Waals surface area contributed by atoms with Gasteiger partial charge in [0.15, 0.2) is 23.0 Å². The number of ketones is 1. The molecule has 0 bridgehead atoms. The van der Waals surface area contributed by atoms with E-state index in [0.29, 0.717) is 73.6 Å². The first-order chi connectivity index (χ1) is 18.9. The van der Waals surface area contributed by atoms with E-state index in [1.165, 1.54) is 0 Å². The normalized spacial score (nSPS) is 18.1.